The summed E-state index contributed by atoms with van der Waals surface area (Å²) in [6.07, 6.45) is 1.50. The normalized spacial score (nSPS) is 11.2. The topological polar surface area (TPSA) is 73.1 Å². The maximum atomic E-state index is 12.5. The highest BCUT2D eigenvalue weighted by Crippen LogP contribution is 2.37. The van der Waals surface area contributed by atoms with E-state index in [9.17, 15) is 4.79 Å². The van der Waals surface area contributed by atoms with Crippen LogP contribution >= 0.6 is 59.4 Å². The van der Waals surface area contributed by atoms with Gasteiger partial charge in [-0.15, -0.1) is 0 Å². The quantitative estimate of drug-likeness (QED) is 0.161. The van der Waals surface area contributed by atoms with Gasteiger partial charge in [0.25, 0.3) is 0 Å². The number of nitrogens with zero attached hydrogens (tertiary/aromatic N) is 1. The van der Waals surface area contributed by atoms with Crippen molar-refractivity contribution in [3.8, 4) is 11.5 Å². The number of rotatable bonds is 7. The van der Waals surface area contributed by atoms with E-state index in [1.807, 2.05) is 42.5 Å². The van der Waals surface area contributed by atoms with E-state index in [1.165, 1.54) is 6.21 Å². The molecule has 174 valence electrons. The molecule has 6 nitrogen and oxygen atoms in total. The molecule has 10 heteroatoms. The predicted molar refractivity (Wildman–Crippen MR) is 143 cm³/mol. The summed E-state index contributed by atoms with van der Waals surface area (Å²) < 4.78 is 19.4. The minimum atomic E-state index is -0.468. The van der Waals surface area contributed by atoms with Crippen molar-refractivity contribution < 1.29 is 18.7 Å². The molecule has 4 aromatic rings. The van der Waals surface area contributed by atoms with Gasteiger partial charge in [0, 0.05) is 14.9 Å². The van der Waals surface area contributed by atoms with Crippen molar-refractivity contribution in [2.45, 2.75) is 6.61 Å². The number of carbonyl (C=O) groups excluding carboxylic acids is 1. The van der Waals surface area contributed by atoms with Gasteiger partial charge in [0.15, 0.2) is 17.3 Å². The van der Waals surface area contributed by atoms with Crippen LogP contribution < -0.4 is 14.9 Å². The fourth-order valence-corrected chi connectivity index (χ4v) is 5.14. The first-order chi connectivity index (χ1) is 16.3. The third-order valence-corrected chi connectivity index (χ3v) is 6.58. The maximum Gasteiger partial charge on any atom is 0.307 e. The SMILES string of the molecule is COc1cc(/C=N\NC(=O)c2cc3cc(Br)cc(Br)c3o2)cc(Br)c1OCc1ccc(Cl)cc1. The van der Waals surface area contributed by atoms with Crippen LogP contribution in [0.4, 0.5) is 0 Å². The fourth-order valence-electron chi connectivity index (χ4n) is 3.10. The summed E-state index contributed by atoms with van der Waals surface area (Å²) in [6, 6.07) is 16.3. The predicted octanol–water partition coefficient (Wildman–Crippen LogP) is 7.73. The average molecular weight is 672 g/mol. The molecule has 0 aliphatic heterocycles. The fraction of sp³-hybridized carbons (Fsp3) is 0.0833. The number of hydrogen-bond acceptors (Lipinski definition) is 5. The summed E-state index contributed by atoms with van der Waals surface area (Å²) in [5, 5.41) is 5.50. The second-order valence-electron chi connectivity index (χ2n) is 7.06. The highest BCUT2D eigenvalue weighted by atomic mass is 79.9. The Hall–Kier alpha value is -2.33. The minimum Gasteiger partial charge on any atom is -0.493 e. The first-order valence-corrected chi connectivity index (χ1v) is 12.6. The van der Waals surface area contributed by atoms with Gasteiger partial charge in [0.05, 0.1) is 22.3 Å². The van der Waals surface area contributed by atoms with E-state index in [-0.39, 0.29) is 5.76 Å². The summed E-state index contributed by atoms with van der Waals surface area (Å²) in [7, 11) is 1.55. The van der Waals surface area contributed by atoms with Crippen LogP contribution in [0.25, 0.3) is 11.0 Å². The van der Waals surface area contributed by atoms with Gasteiger partial charge in [-0.1, -0.05) is 39.7 Å². The van der Waals surface area contributed by atoms with Gasteiger partial charge < -0.3 is 13.9 Å². The molecule has 0 atom stereocenters. The van der Waals surface area contributed by atoms with Gasteiger partial charge in [-0.05, 0) is 85.5 Å². The molecule has 0 saturated carbocycles. The molecule has 1 aromatic heterocycles. The Morgan fingerprint density at radius 1 is 1.09 bits per heavy atom. The summed E-state index contributed by atoms with van der Waals surface area (Å²) in [5.74, 6) is 0.751. The van der Waals surface area contributed by atoms with Crippen molar-refractivity contribution in [2.75, 3.05) is 7.11 Å². The second-order valence-corrected chi connectivity index (χ2v) is 10.1. The number of hydrazone groups is 1. The van der Waals surface area contributed by atoms with Gasteiger partial charge >= 0.3 is 5.91 Å². The zero-order chi connectivity index (χ0) is 24.2. The number of carbonyl (C=O) groups is 1. The van der Waals surface area contributed by atoms with Crippen molar-refractivity contribution in [1.82, 2.24) is 5.43 Å². The van der Waals surface area contributed by atoms with Gasteiger partial charge in [-0.2, -0.15) is 5.10 Å². The number of nitrogens with one attached hydrogen (secondary N) is 1. The van der Waals surface area contributed by atoms with E-state index in [2.05, 4.69) is 58.3 Å². The Morgan fingerprint density at radius 2 is 1.85 bits per heavy atom. The summed E-state index contributed by atoms with van der Waals surface area (Å²) >= 11 is 16.3. The minimum absolute atomic E-state index is 0.149. The van der Waals surface area contributed by atoms with E-state index >= 15 is 0 Å². The van der Waals surface area contributed by atoms with Crippen molar-refractivity contribution in [2.24, 2.45) is 5.10 Å². The number of hydrogen-bond donors (Lipinski definition) is 1. The number of ether oxygens (including phenoxy) is 2. The van der Waals surface area contributed by atoms with E-state index < -0.39 is 5.91 Å². The number of furan rings is 1. The summed E-state index contributed by atoms with van der Waals surface area (Å²) in [4.78, 5) is 12.5. The van der Waals surface area contributed by atoms with Crippen LogP contribution in [0.5, 0.6) is 11.5 Å². The molecule has 4 rings (SSSR count). The van der Waals surface area contributed by atoms with E-state index in [1.54, 1.807) is 19.2 Å². The third kappa shape index (κ3) is 5.83. The molecule has 0 saturated heterocycles. The smallest absolute Gasteiger partial charge is 0.307 e. The molecular formula is C24H16Br3ClN2O4. The number of benzene rings is 3. The molecule has 0 unspecified atom stereocenters. The third-order valence-electron chi connectivity index (χ3n) is 4.69. The molecule has 0 radical (unpaired) electrons. The monoisotopic (exact) mass is 668 g/mol. The second kappa shape index (κ2) is 10.9. The van der Waals surface area contributed by atoms with Crippen LogP contribution in [-0.4, -0.2) is 19.2 Å². The van der Waals surface area contributed by atoms with Crippen molar-refractivity contribution in [3.63, 3.8) is 0 Å². The largest absolute Gasteiger partial charge is 0.493 e. The number of amides is 1. The van der Waals surface area contributed by atoms with Gasteiger partial charge in [0.1, 0.15) is 12.2 Å². The highest BCUT2D eigenvalue weighted by Gasteiger charge is 2.15. The first kappa shape index (κ1) is 24.8. The molecule has 34 heavy (non-hydrogen) atoms. The Bertz CT molecular complexity index is 1390. The molecular weight excluding hydrogens is 655 g/mol. The first-order valence-electron chi connectivity index (χ1n) is 9.81. The standard InChI is InChI=1S/C24H16Br3ClN2O4/c1-32-20-7-14(6-18(26)23(20)33-12-13-2-4-17(28)5-3-13)11-29-30-24(31)21-9-15-8-16(25)10-19(27)22(15)34-21/h2-11H,12H2,1H3,(H,30,31)/b29-11-. The number of methoxy groups -OCH3 is 1. The molecule has 0 fully saturated rings. The molecule has 1 heterocycles. The van der Waals surface area contributed by atoms with Crippen LogP contribution in [0.15, 0.2) is 77.5 Å². The summed E-state index contributed by atoms with van der Waals surface area (Å²) in [6.45, 7) is 0.347. The van der Waals surface area contributed by atoms with Crippen molar-refractivity contribution in [3.05, 3.63) is 89.9 Å². The van der Waals surface area contributed by atoms with Gasteiger partial charge in [-0.25, -0.2) is 5.43 Å². The van der Waals surface area contributed by atoms with E-state index in [4.69, 9.17) is 25.5 Å². The van der Waals surface area contributed by atoms with E-state index in [0.717, 1.165) is 19.9 Å². The molecule has 0 aliphatic carbocycles. The van der Waals surface area contributed by atoms with Crippen molar-refractivity contribution in [1.29, 1.82) is 0 Å². The Balaban J connectivity index is 1.45. The molecule has 1 amide bonds. The van der Waals surface area contributed by atoms with Crippen LogP contribution in [0.1, 0.15) is 21.7 Å². The van der Waals surface area contributed by atoms with Crippen LogP contribution in [0.2, 0.25) is 5.02 Å². The number of halogens is 4. The molecule has 0 aliphatic rings. The lowest BCUT2D eigenvalue weighted by molar-refractivity contribution is 0.0929. The Labute approximate surface area is 225 Å². The Kier molecular flexibility index (Phi) is 7.98. The molecule has 0 spiro atoms. The zero-order valence-electron chi connectivity index (χ0n) is 17.6. The zero-order valence-corrected chi connectivity index (χ0v) is 23.1. The molecule has 3 aromatic carbocycles. The molecule has 1 N–H and O–H groups in total. The van der Waals surface area contributed by atoms with Gasteiger partial charge in [-0.3, -0.25) is 4.79 Å². The lowest BCUT2D eigenvalue weighted by atomic mass is 10.2. The van der Waals surface area contributed by atoms with Crippen molar-refractivity contribution >= 4 is 82.5 Å². The van der Waals surface area contributed by atoms with Crippen LogP contribution in [0.3, 0.4) is 0 Å². The van der Waals surface area contributed by atoms with Crippen LogP contribution in [0, 0.1) is 0 Å². The average Bonchev–Trinajstić information content (AvgIpc) is 3.23. The summed E-state index contributed by atoms with van der Waals surface area (Å²) in [5.41, 5.74) is 4.72. The maximum absolute atomic E-state index is 12.5. The molecule has 0 bridgehead atoms. The van der Waals surface area contributed by atoms with E-state index in [0.29, 0.717) is 38.7 Å². The van der Waals surface area contributed by atoms with Crippen LogP contribution in [-0.2, 0) is 6.61 Å². The lowest BCUT2D eigenvalue weighted by Crippen LogP contribution is -2.16. The lowest BCUT2D eigenvalue weighted by Gasteiger charge is -2.13. The van der Waals surface area contributed by atoms with Gasteiger partial charge in [0.2, 0.25) is 0 Å². The highest BCUT2D eigenvalue weighted by molar-refractivity contribution is 9.11. The Morgan fingerprint density at radius 3 is 2.59 bits per heavy atom. The number of fused-ring (bicyclic) bond motifs is 1.